The van der Waals surface area contributed by atoms with Gasteiger partial charge in [-0.25, -0.2) is 28.7 Å². The Kier molecular flexibility index (Phi) is 11.9. The van der Waals surface area contributed by atoms with Crippen LogP contribution in [0.5, 0.6) is 11.5 Å². The minimum Gasteiger partial charge on any atom is -0.486 e. The van der Waals surface area contributed by atoms with Gasteiger partial charge < -0.3 is 49.7 Å². The fourth-order valence-corrected chi connectivity index (χ4v) is 5.65. The van der Waals surface area contributed by atoms with Crippen molar-refractivity contribution in [1.29, 1.82) is 0 Å². The summed E-state index contributed by atoms with van der Waals surface area (Å²) < 4.78 is 42.1. The van der Waals surface area contributed by atoms with Crippen LogP contribution in [-0.2, 0) is 0 Å². The molecule has 8 rings (SSSR count). The summed E-state index contributed by atoms with van der Waals surface area (Å²) in [5, 5.41) is 21.7. The number of imidazole rings is 2. The maximum atomic E-state index is 14.5. The molecular formula is C36H39ClF2N12O4. The van der Waals surface area contributed by atoms with Gasteiger partial charge in [-0.05, 0) is 61.8 Å². The van der Waals surface area contributed by atoms with Gasteiger partial charge in [-0.3, -0.25) is 0 Å². The van der Waals surface area contributed by atoms with Crippen molar-refractivity contribution in [3.05, 3.63) is 102 Å². The second-order valence-electron chi connectivity index (χ2n) is 12.6. The number of benzene rings is 2. The molecule has 2 aliphatic heterocycles. The van der Waals surface area contributed by atoms with Crippen LogP contribution in [0.25, 0.3) is 11.4 Å². The summed E-state index contributed by atoms with van der Waals surface area (Å²) in [5.74, 6) is 1.91. The van der Waals surface area contributed by atoms with E-state index in [0.29, 0.717) is 65.0 Å². The van der Waals surface area contributed by atoms with Crippen molar-refractivity contribution >= 4 is 40.6 Å². The molecule has 19 heteroatoms. The van der Waals surface area contributed by atoms with Gasteiger partial charge >= 0.3 is 0 Å². The third kappa shape index (κ3) is 8.99. The highest BCUT2D eigenvalue weighted by atomic mass is 35.5. The molecule has 4 aromatic heterocycles. The van der Waals surface area contributed by atoms with E-state index >= 15 is 0 Å². The summed E-state index contributed by atoms with van der Waals surface area (Å²) in [4.78, 5) is 28.3. The van der Waals surface area contributed by atoms with Crippen molar-refractivity contribution < 1.29 is 28.5 Å². The quantitative estimate of drug-likeness (QED) is 0.139. The molecule has 0 bridgehead atoms. The first-order chi connectivity index (χ1) is 26.4. The fraction of sp³-hybridized carbons (Fsp3) is 0.278. The molecule has 6 aromatic rings. The van der Waals surface area contributed by atoms with Gasteiger partial charge in [0.2, 0.25) is 11.2 Å². The molecule has 0 saturated heterocycles. The second-order valence-corrected chi connectivity index (χ2v) is 12.9. The lowest BCUT2D eigenvalue weighted by Gasteiger charge is -2.33. The molecule has 2 aliphatic rings. The van der Waals surface area contributed by atoms with Crippen LogP contribution in [0.4, 0.5) is 37.7 Å². The van der Waals surface area contributed by atoms with Crippen LogP contribution in [0.1, 0.15) is 11.4 Å². The molecule has 0 radical (unpaired) electrons. The summed E-state index contributed by atoms with van der Waals surface area (Å²) in [6, 6.07) is 9.12. The molecule has 0 saturated carbocycles. The number of rotatable bonds is 6. The van der Waals surface area contributed by atoms with E-state index in [2.05, 4.69) is 35.2 Å². The number of fused-ring (bicyclic) bond motifs is 2. The number of nitrogens with two attached hydrogens (primary N) is 1. The number of likely N-dealkylation sites (N-methyl/N-ethyl adjacent to an activating group) is 2. The van der Waals surface area contributed by atoms with Crippen molar-refractivity contribution in [3.63, 3.8) is 0 Å². The zero-order chi connectivity index (χ0) is 39.2. The third-order valence-electron chi connectivity index (χ3n) is 8.65. The highest BCUT2D eigenvalue weighted by molar-refractivity contribution is 6.28. The zero-order valence-electron chi connectivity index (χ0n) is 30.3. The highest BCUT2D eigenvalue weighted by Crippen LogP contribution is 2.32. The van der Waals surface area contributed by atoms with Gasteiger partial charge in [0, 0.05) is 37.9 Å². The summed E-state index contributed by atoms with van der Waals surface area (Å²) in [6.07, 6.45) is 9.76. The van der Waals surface area contributed by atoms with Crippen molar-refractivity contribution in [1.82, 2.24) is 39.0 Å². The van der Waals surface area contributed by atoms with Gasteiger partial charge in [0.05, 0.1) is 73.1 Å². The SMILES string of the molecule is CN1c2nc(Cl)ncc2OC[C@@H]1CO.Cc1cn(-c2ccc(N)cc2F)cn1.Cc1cn(-c2ccc(Nc3ncc4c(n3)N(C)[C@@H](CO)CO4)cc2F)cn1. The lowest BCUT2D eigenvalue weighted by Crippen LogP contribution is -2.43. The molecule has 5 N–H and O–H groups in total. The molecule has 0 aliphatic carbocycles. The first-order valence-corrected chi connectivity index (χ1v) is 17.3. The monoisotopic (exact) mass is 776 g/mol. The van der Waals surface area contributed by atoms with Crippen LogP contribution in [0.15, 0.2) is 73.8 Å². The number of nitrogens with one attached hydrogen (secondary N) is 1. The van der Waals surface area contributed by atoms with Gasteiger partial charge in [0.15, 0.2) is 23.1 Å². The van der Waals surface area contributed by atoms with Crippen LogP contribution in [0.3, 0.4) is 0 Å². The fourth-order valence-electron chi connectivity index (χ4n) is 5.53. The predicted octanol–water partition coefficient (Wildman–Crippen LogP) is 4.26. The highest BCUT2D eigenvalue weighted by Gasteiger charge is 2.27. The Balaban J connectivity index is 0.000000155. The van der Waals surface area contributed by atoms with Crippen LogP contribution in [-0.4, -0.2) is 102 Å². The number of aliphatic hydroxyl groups excluding tert-OH is 2. The number of nitrogens with zero attached hydrogens (tertiary/aromatic N) is 10. The maximum absolute atomic E-state index is 14.5. The van der Waals surface area contributed by atoms with Crippen LogP contribution in [0, 0.1) is 25.5 Å². The van der Waals surface area contributed by atoms with E-state index in [9.17, 15) is 13.9 Å². The Morgan fingerprint density at radius 2 is 1.31 bits per heavy atom. The molecule has 0 fully saturated rings. The van der Waals surface area contributed by atoms with Crippen molar-refractivity contribution in [2.45, 2.75) is 25.9 Å². The number of hydrogen-bond acceptors (Lipinski definition) is 14. The maximum Gasteiger partial charge on any atom is 0.229 e. The minimum absolute atomic E-state index is 0.0254. The Labute approximate surface area is 319 Å². The first kappa shape index (κ1) is 38.6. The molecular weight excluding hydrogens is 738 g/mol. The largest absolute Gasteiger partial charge is 0.486 e. The van der Waals surface area contributed by atoms with Crippen LogP contribution in [0.2, 0.25) is 5.28 Å². The van der Waals surface area contributed by atoms with Crippen molar-refractivity contribution in [2.75, 3.05) is 61.4 Å². The first-order valence-electron chi connectivity index (χ1n) is 16.9. The number of ether oxygens (including phenoxy) is 2. The normalized spacial score (nSPS) is 15.7. The van der Waals surface area contributed by atoms with E-state index in [4.69, 9.17) is 31.9 Å². The summed E-state index contributed by atoms with van der Waals surface area (Å²) in [7, 11) is 3.67. The van der Waals surface area contributed by atoms with E-state index < -0.39 is 5.82 Å². The lowest BCUT2D eigenvalue weighted by molar-refractivity contribution is 0.189. The molecule has 0 unspecified atom stereocenters. The van der Waals surface area contributed by atoms with E-state index in [1.165, 1.54) is 18.3 Å². The smallest absolute Gasteiger partial charge is 0.229 e. The number of aromatic nitrogens is 8. The van der Waals surface area contributed by atoms with Gasteiger partial charge in [-0.15, -0.1) is 0 Å². The van der Waals surface area contributed by atoms with E-state index in [1.54, 1.807) is 64.6 Å². The summed E-state index contributed by atoms with van der Waals surface area (Å²) >= 11 is 5.67. The van der Waals surface area contributed by atoms with E-state index in [-0.39, 0.29) is 36.4 Å². The van der Waals surface area contributed by atoms with Gasteiger partial charge in [-0.2, -0.15) is 9.97 Å². The minimum atomic E-state index is -0.392. The Bertz CT molecular complexity index is 2260. The van der Waals surface area contributed by atoms with Crippen molar-refractivity contribution in [2.24, 2.45) is 0 Å². The average Bonchev–Trinajstić information content (AvgIpc) is 3.80. The number of halogens is 3. The van der Waals surface area contributed by atoms with Gasteiger partial charge in [0.1, 0.15) is 24.8 Å². The number of anilines is 5. The number of aryl methyl sites for hydroxylation is 2. The molecule has 6 heterocycles. The van der Waals surface area contributed by atoms with Crippen molar-refractivity contribution in [3.8, 4) is 22.9 Å². The molecule has 2 aromatic carbocycles. The average molecular weight is 777 g/mol. The Hall–Kier alpha value is -6.11. The molecule has 0 spiro atoms. The number of aliphatic hydroxyl groups is 2. The molecule has 0 amide bonds. The second kappa shape index (κ2) is 16.9. The zero-order valence-corrected chi connectivity index (χ0v) is 31.1. The van der Waals surface area contributed by atoms with Gasteiger partial charge in [0.25, 0.3) is 0 Å². The van der Waals surface area contributed by atoms with E-state index in [0.717, 1.165) is 11.4 Å². The predicted molar refractivity (Wildman–Crippen MR) is 203 cm³/mol. The topological polar surface area (TPSA) is 191 Å². The standard InChI is InChI=1S/C18H19FN6O2.C10H10FN3.C8H10ClN3O2/c1-11-7-25(10-21-11)15-4-3-12(5-14(15)19)22-18-20-6-16-17(23-18)24(2)13(8-26)9-27-16;1-7-5-14(6-13-7)10-3-2-8(12)4-9(10)11;1-12-5(3-13)4-14-6-2-10-8(9)11-7(6)12/h3-7,10,13,26H,8-9H2,1-2H3,(H,20,22,23);2-6H,12H2,1H3;2,5,13H,3-4H2,1H3/t13-;;5-/m0.0/s1. The van der Waals surface area contributed by atoms with Crippen LogP contribution >= 0.6 is 11.6 Å². The lowest BCUT2D eigenvalue weighted by atomic mass is 10.2. The molecule has 16 nitrogen and oxygen atoms in total. The van der Waals surface area contributed by atoms with Crippen LogP contribution < -0.4 is 30.3 Å². The molecule has 2 atom stereocenters. The molecule has 288 valence electrons. The number of nitrogen functional groups attached to an aromatic ring is 1. The summed E-state index contributed by atoms with van der Waals surface area (Å²) in [5.41, 5.74) is 8.91. The van der Waals surface area contributed by atoms with E-state index in [1.807, 2.05) is 37.7 Å². The van der Waals surface area contributed by atoms with Gasteiger partial charge in [-0.1, -0.05) is 0 Å². The Morgan fingerprint density at radius 3 is 1.82 bits per heavy atom. The summed E-state index contributed by atoms with van der Waals surface area (Å²) in [6.45, 7) is 4.49. The Morgan fingerprint density at radius 1 is 0.782 bits per heavy atom. The molecule has 55 heavy (non-hydrogen) atoms. The third-order valence-corrected chi connectivity index (χ3v) is 8.83. The number of hydrogen-bond donors (Lipinski definition) is 4.